The van der Waals surface area contributed by atoms with Crippen molar-refractivity contribution in [2.24, 2.45) is 0 Å². The minimum atomic E-state index is -0.294. The lowest BCUT2D eigenvalue weighted by Crippen LogP contribution is -2.36. The second-order valence-corrected chi connectivity index (χ2v) is 5.90. The summed E-state index contributed by atoms with van der Waals surface area (Å²) >= 11 is 0. The van der Waals surface area contributed by atoms with E-state index in [-0.39, 0.29) is 30.2 Å². The first-order valence-electron chi connectivity index (χ1n) is 7.86. The fourth-order valence-electron chi connectivity index (χ4n) is 3.19. The Hall–Kier alpha value is -2.09. The highest BCUT2D eigenvalue weighted by molar-refractivity contribution is 5.59. The number of benzene rings is 1. The van der Waals surface area contributed by atoms with Crippen molar-refractivity contribution in [3.8, 4) is 11.3 Å². The molecule has 1 N–H and O–H groups in total. The van der Waals surface area contributed by atoms with E-state index in [2.05, 4.69) is 15.3 Å². The molecule has 24 heavy (non-hydrogen) atoms. The fourth-order valence-corrected chi connectivity index (χ4v) is 3.19. The Balaban J connectivity index is 1.51. The second-order valence-electron chi connectivity index (χ2n) is 5.90. The van der Waals surface area contributed by atoms with E-state index in [1.54, 1.807) is 25.4 Å². The molecule has 0 saturated carbocycles. The molecule has 2 aliphatic rings. The van der Waals surface area contributed by atoms with E-state index in [9.17, 15) is 4.39 Å². The smallest absolute Gasteiger partial charge is 0.223 e. The predicted molar refractivity (Wildman–Crippen MR) is 85.1 cm³/mol. The number of aromatic nitrogens is 2. The Kier molecular flexibility index (Phi) is 4.13. The lowest BCUT2D eigenvalue weighted by atomic mass is 10.1. The van der Waals surface area contributed by atoms with Gasteiger partial charge in [-0.2, -0.15) is 0 Å². The standard InChI is InChI=1S/C17H18FN3O3/c1-22-14-9-24-15-13(8-23-16(14)15)21-17-19-6-5-12(20-17)10-3-2-4-11(18)7-10/h2-7,13-16H,8-9H2,1H3,(H,19,20,21)/t13-,14+,15+,16+/m0/s1. The van der Waals surface area contributed by atoms with Crippen LogP contribution in [0.1, 0.15) is 0 Å². The number of fused-ring (bicyclic) bond motifs is 1. The summed E-state index contributed by atoms with van der Waals surface area (Å²) in [6.45, 7) is 1.02. The largest absolute Gasteiger partial charge is 0.376 e. The van der Waals surface area contributed by atoms with Gasteiger partial charge >= 0.3 is 0 Å². The molecule has 126 valence electrons. The van der Waals surface area contributed by atoms with Crippen molar-refractivity contribution in [1.82, 2.24) is 9.97 Å². The van der Waals surface area contributed by atoms with Crippen LogP contribution in [0.25, 0.3) is 11.3 Å². The van der Waals surface area contributed by atoms with E-state index >= 15 is 0 Å². The third-order valence-corrected chi connectivity index (χ3v) is 4.40. The number of ether oxygens (including phenoxy) is 3. The topological polar surface area (TPSA) is 65.5 Å². The monoisotopic (exact) mass is 331 g/mol. The van der Waals surface area contributed by atoms with Gasteiger partial charge in [-0.3, -0.25) is 0 Å². The van der Waals surface area contributed by atoms with Crippen molar-refractivity contribution < 1.29 is 18.6 Å². The molecular formula is C17H18FN3O3. The van der Waals surface area contributed by atoms with Crippen molar-refractivity contribution in [1.29, 1.82) is 0 Å². The van der Waals surface area contributed by atoms with Gasteiger partial charge in [0.25, 0.3) is 0 Å². The zero-order valence-corrected chi connectivity index (χ0v) is 13.2. The highest BCUT2D eigenvalue weighted by Gasteiger charge is 2.48. The van der Waals surface area contributed by atoms with E-state index in [0.717, 1.165) is 0 Å². The Morgan fingerprint density at radius 2 is 2.08 bits per heavy atom. The van der Waals surface area contributed by atoms with Crippen molar-refractivity contribution >= 4 is 5.95 Å². The Bertz CT molecular complexity index is 730. The van der Waals surface area contributed by atoms with Crippen LogP contribution in [0.5, 0.6) is 0 Å². The van der Waals surface area contributed by atoms with Gasteiger partial charge in [0.2, 0.25) is 5.95 Å². The maximum Gasteiger partial charge on any atom is 0.223 e. The Morgan fingerprint density at radius 1 is 1.21 bits per heavy atom. The normalized spacial score (nSPS) is 28.8. The van der Waals surface area contributed by atoms with Crippen LogP contribution in [0, 0.1) is 5.82 Å². The van der Waals surface area contributed by atoms with Crippen LogP contribution < -0.4 is 5.32 Å². The quantitative estimate of drug-likeness (QED) is 0.923. The van der Waals surface area contributed by atoms with Gasteiger partial charge in [-0.25, -0.2) is 14.4 Å². The van der Waals surface area contributed by atoms with E-state index in [0.29, 0.717) is 30.4 Å². The number of halogens is 1. The molecule has 4 rings (SSSR count). The van der Waals surface area contributed by atoms with E-state index in [1.165, 1.54) is 12.1 Å². The molecule has 7 heteroatoms. The molecule has 2 saturated heterocycles. The number of anilines is 1. The molecule has 2 fully saturated rings. The van der Waals surface area contributed by atoms with Gasteiger partial charge in [-0.05, 0) is 18.2 Å². The molecule has 0 amide bonds. The molecule has 6 nitrogen and oxygen atoms in total. The van der Waals surface area contributed by atoms with Gasteiger partial charge in [-0.1, -0.05) is 12.1 Å². The minimum absolute atomic E-state index is 0.0404. The van der Waals surface area contributed by atoms with E-state index in [1.807, 2.05) is 6.07 Å². The molecule has 0 spiro atoms. The highest BCUT2D eigenvalue weighted by Crippen LogP contribution is 2.30. The third-order valence-electron chi connectivity index (χ3n) is 4.40. The van der Waals surface area contributed by atoms with Crippen molar-refractivity contribution in [3.05, 3.63) is 42.3 Å². The number of hydrogen-bond acceptors (Lipinski definition) is 6. The van der Waals surface area contributed by atoms with Crippen LogP contribution in [0.3, 0.4) is 0 Å². The highest BCUT2D eigenvalue weighted by atomic mass is 19.1. The van der Waals surface area contributed by atoms with Gasteiger partial charge in [0.15, 0.2) is 0 Å². The summed E-state index contributed by atoms with van der Waals surface area (Å²) in [6, 6.07) is 8.03. The lowest BCUT2D eigenvalue weighted by molar-refractivity contribution is -0.00757. The number of rotatable bonds is 4. The average Bonchev–Trinajstić information content (AvgIpc) is 3.18. The Morgan fingerprint density at radius 3 is 2.92 bits per heavy atom. The Labute approximate surface area is 139 Å². The van der Waals surface area contributed by atoms with E-state index < -0.39 is 0 Å². The van der Waals surface area contributed by atoms with Crippen LogP contribution >= 0.6 is 0 Å². The summed E-state index contributed by atoms with van der Waals surface area (Å²) in [5, 5.41) is 3.26. The maximum atomic E-state index is 13.4. The molecule has 0 bridgehead atoms. The SMILES string of the molecule is CO[C@@H]1CO[C@H]2[C@@H]1OC[C@@H]2Nc1nccc(-c2cccc(F)c2)n1. The van der Waals surface area contributed by atoms with Gasteiger partial charge in [-0.15, -0.1) is 0 Å². The van der Waals surface area contributed by atoms with Crippen molar-refractivity contribution in [3.63, 3.8) is 0 Å². The van der Waals surface area contributed by atoms with E-state index in [4.69, 9.17) is 14.2 Å². The molecule has 2 aromatic rings. The fraction of sp³-hybridized carbons (Fsp3) is 0.412. The molecule has 4 atom stereocenters. The summed E-state index contributed by atoms with van der Waals surface area (Å²) in [5.74, 6) is 0.174. The summed E-state index contributed by atoms with van der Waals surface area (Å²) in [4.78, 5) is 8.72. The first-order valence-corrected chi connectivity index (χ1v) is 7.86. The number of nitrogens with one attached hydrogen (secondary N) is 1. The minimum Gasteiger partial charge on any atom is -0.376 e. The molecule has 0 unspecified atom stereocenters. The van der Waals surface area contributed by atoms with Gasteiger partial charge in [0, 0.05) is 18.9 Å². The molecule has 1 aromatic heterocycles. The van der Waals surface area contributed by atoms with Crippen LogP contribution in [0.15, 0.2) is 36.5 Å². The molecule has 0 radical (unpaired) electrons. The molecule has 2 aliphatic heterocycles. The zero-order valence-electron chi connectivity index (χ0n) is 13.2. The lowest BCUT2D eigenvalue weighted by Gasteiger charge is -2.17. The number of hydrogen-bond donors (Lipinski definition) is 1. The molecule has 1 aromatic carbocycles. The third kappa shape index (κ3) is 2.86. The number of methoxy groups -OCH3 is 1. The summed E-state index contributed by atoms with van der Waals surface area (Å²) in [5.41, 5.74) is 1.36. The summed E-state index contributed by atoms with van der Waals surface area (Å²) in [6.07, 6.45) is 1.45. The van der Waals surface area contributed by atoms with Crippen LogP contribution in [0.2, 0.25) is 0 Å². The van der Waals surface area contributed by atoms with Crippen molar-refractivity contribution in [2.75, 3.05) is 25.6 Å². The zero-order chi connectivity index (χ0) is 16.5. The summed E-state index contributed by atoms with van der Waals surface area (Å²) in [7, 11) is 1.66. The molecule has 3 heterocycles. The maximum absolute atomic E-state index is 13.4. The summed E-state index contributed by atoms with van der Waals surface area (Å²) < 4.78 is 30.3. The van der Waals surface area contributed by atoms with Crippen LogP contribution in [-0.2, 0) is 14.2 Å². The number of nitrogens with zero attached hydrogens (tertiary/aromatic N) is 2. The van der Waals surface area contributed by atoms with Gasteiger partial charge < -0.3 is 19.5 Å². The van der Waals surface area contributed by atoms with Gasteiger partial charge in [0.1, 0.15) is 24.1 Å². The van der Waals surface area contributed by atoms with Gasteiger partial charge in [0.05, 0.1) is 24.9 Å². The predicted octanol–water partition coefficient (Wildman–Crippen LogP) is 1.88. The average molecular weight is 331 g/mol. The van der Waals surface area contributed by atoms with Crippen LogP contribution in [0.4, 0.5) is 10.3 Å². The first-order chi connectivity index (χ1) is 11.7. The second kappa shape index (κ2) is 6.43. The molecule has 0 aliphatic carbocycles. The van der Waals surface area contributed by atoms with Crippen LogP contribution in [-0.4, -0.2) is 54.6 Å². The first kappa shape index (κ1) is 15.4. The van der Waals surface area contributed by atoms with Crippen molar-refractivity contribution in [2.45, 2.75) is 24.4 Å². The molecular weight excluding hydrogens is 313 g/mol.